The Hall–Kier alpha value is -5.08. The summed E-state index contributed by atoms with van der Waals surface area (Å²) in [6, 6.07) is 23.0. The van der Waals surface area contributed by atoms with Gasteiger partial charge in [0.25, 0.3) is 5.91 Å². The summed E-state index contributed by atoms with van der Waals surface area (Å²) in [5, 5.41) is 0. The summed E-state index contributed by atoms with van der Waals surface area (Å²) in [5.74, 6) is 1.59. The molecular weight excluding hydrogens is 645 g/mol. The first kappa shape index (κ1) is 35.3. The molecule has 2 aliphatic rings. The number of carbonyl (C=O) groups excluding carboxylic acids is 1. The third-order valence-corrected chi connectivity index (χ3v) is 10.6. The van der Waals surface area contributed by atoms with E-state index in [1.54, 1.807) is 19.5 Å². The Labute approximate surface area is 307 Å². The molecule has 0 bridgehead atoms. The fourth-order valence-electron chi connectivity index (χ4n) is 7.66. The lowest BCUT2D eigenvalue weighted by molar-refractivity contribution is 0.0737. The zero-order valence-electron chi connectivity index (χ0n) is 30.8. The summed E-state index contributed by atoms with van der Waals surface area (Å²) < 4.78 is 8.02. The van der Waals surface area contributed by atoms with Crippen LogP contribution < -0.4 is 4.74 Å². The largest absolute Gasteiger partial charge is 0.496 e. The number of benzene rings is 2. The van der Waals surface area contributed by atoms with Gasteiger partial charge in [-0.2, -0.15) is 0 Å². The molecule has 0 unspecified atom stereocenters. The van der Waals surface area contributed by atoms with Crippen LogP contribution in [0.3, 0.4) is 0 Å². The van der Waals surface area contributed by atoms with Crippen molar-refractivity contribution in [3.05, 3.63) is 137 Å². The van der Waals surface area contributed by atoms with Crippen molar-refractivity contribution in [3.63, 3.8) is 0 Å². The van der Waals surface area contributed by atoms with Gasteiger partial charge in [0.05, 0.1) is 31.1 Å². The first-order valence-corrected chi connectivity index (χ1v) is 18.9. The van der Waals surface area contributed by atoms with Crippen LogP contribution in [-0.2, 0) is 13.0 Å². The Morgan fingerprint density at radius 2 is 1.71 bits per heavy atom. The van der Waals surface area contributed by atoms with Crippen LogP contribution >= 0.6 is 0 Å². The average Bonchev–Trinajstić information content (AvgIpc) is 3.82. The van der Waals surface area contributed by atoms with Crippen LogP contribution in [0, 0.1) is 13.8 Å². The number of allylic oxidation sites excluding steroid dienone is 1. The number of fused-ring (bicyclic) bond motifs is 1. The molecule has 0 spiro atoms. The van der Waals surface area contributed by atoms with Crippen molar-refractivity contribution in [2.75, 3.05) is 26.7 Å². The highest BCUT2D eigenvalue weighted by atomic mass is 16.5. The van der Waals surface area contributed by atoms with Crippen molar-refractivity contribution in [1.82, 2.24) is 29.3 Å². The summed E-state index contributed by atoms with van der Waals surface area (Å²) in [5.41, 5.74) is 9.06. The second-order valence-corrected chi connectivity index (χ2v) is 14.2. The topological polar surface area (TPSA) is 76.4 Å². The molecule has 1 amide bonds. The molecule has 2 aromatic carbocycles. The average molecular weight is 695 g/mol. The van der Waals surface area contributed by atoms with Gasteiger partial charge in [-0.3, -0.25) is 19.7 Å². The molecule has 2 fully saturated rings. The minimum Gasteiger partial charge on any atom is -0.496 e. The Morgan fingerprint density at radius 3 is 2.50 bits per heavy atom. The lowest BCUT2D eigenvalue weighted by Crippen LogP contribution is -2.37. The highest BCUT2D eigenvalue weighted by molar-refractivity contribution is 5.95. The quantitative estimate of drug-likeness (QED) is 0.130. The van der Waals surface area contributed by atoms with E-state index in [1.165, 1.54) is 36.0 Å². The Bertz CT molecular complexity index is 2050. The van der Waals surface area contributed by atoms with E-state index in [4.69, 9.17) is 9.72 Å². The van der Waals surface area contributed by atoms with Gasteiger partial charge in [0.15, 0.2) is 0 Å². The van der Waals surface area contributed by atoms with Gasteiger partial charge in [-0.1, -0.05) is 73.4 Å². The van der Waals surface area contributed by atoms with E-state index in [0.29, 0.717) is 24.3 Å². The lowest BCUT2D eigenvalue weighted by Gasteiger charge is -2.32. The standard InChI is InChI=1S/C44H50N6O2/c1-32-16-18-34(19-17-32)39(23-28-48-25-7-8-26-48)40-15-9-11-37(47-40)12-10-27-49(38-13-5-4-6-14-38)44(51)35-20-21-36(43(29-35)52-3)31-50-33(2)46-41-30-45-24-22-42(41)50/h9-11,15-24,27,29-30,38H,4-8,12-14,25-26,28,31H2,1-3H3. The minimum atomic E-state index is -0.00320. The van der Waals surface area contributed by atoms with Gasteiger partial charge in [0.2, 0.25) is 0 Å². The molecule has 0 radical (unpaired) electrons. The van der Waals surface area contributed by atoms with Crippen LogP contribution in [0.15, 0.2) is 97.5 Å². The van der Waals surface area contributed by atoms with E-state index in [-0.39, 0.29) is 11.9 Å². The molecule has 1 saturated carbocycles. The summed E-state index contributed by atoms with van der Waals surface area (Å²) >= 11 is 0. The van der Waals surface area contributed by atoms with E-state index in [0.717, 1.165) is 79.1 Å². The Kier molecular flexibility index (Phi) is 11.2. The van der Waals surface area contributed by atoms with E-state index < -0.39 is 0 Å². The van der Waals surface area contributed by atoms with E-state index in [9.17, 15) is 4.79 Å². The molecular formula is C44H50N6O2. The maximum atomic E-state index is 14.3. The van der Waals surface area contributed by atoms with Crippen molar-refractivity contribution in [3.8, 4) is 5.75 Å². The van der Waals surface area contributed by atoms with Gasteiger partial charge >= 0.3 is 0 Å². The zero-order chi connectivity index (χ0) is 35.9. The molecule has 268 valence electrons. The molecule has 8 heteroatoms. The lowest BCUT2D eigenvalue weighted by atomic mass is 9.93. The maximum absolute atomic E-state index is 14.3. The van der Waals surface area contributed by atoms with Gasteiger partial charge in [0, 0.05) is 53.8 Å². The Balaban J connectivity index is 1.11. The summed E-state index contributed by atoms with van der Waals surface area (Å²) in [6.07, 6.45) is 18.7. The number of methoxy groups -OCH3 is 1. The first-order chi connectivity index (χ1) is 25.5. The van der Waals surface area contributed by atoms with Crippen molar-refractivity contribution in [1.29, 1.82) is 0 Å². The number of pyridine rings is 2. The normalized spacial score (nSPS) is 15.9. The van der Waals surface area contributed by atoms with Crippen LogP contribution in [0.5, 0.6) is 5.75 Å². The van der Waals surface area contributed by atoms with Crippen LogP contribution in [0.25, 0.3) is 16.6 Å². The molecule has 5 aromatic rings. The number of likely N-dealkylation sites (tertiary alicyclic amines) is 1. The second-order valence-electron chi connectivity index (χ2n) is 14.2. The fraction of sp³-hybridized carbons (Fsp3) is 0.364. The van der Waals surface area contributed by atoms with Crippen LogP contribution in [0.2, 0.25) is 0 Å². The van der Waals surface area contributed by atoms with Crippen LogP contribution in [0.1, 0.15) is 89.2 Å². The molecule has 7 rings (SSSR count). The molecule has 0 atom stereocenters. The van der Waals surface area contributed by atoms with Crippen molar-refractivity contribution in [2.45, 2.75) is 77.8 Å². The third-order valence-electron chi connectivity index (χ3n) is 10.6. The van der Waals surface area contributed by atoms with Gasteiger partial charge in [-0.25, -0.2) is 4.98 Å². The van der Waals surface area contributed by atoms with Gasteiger partial charge in [0.1, 0.15) is 17.1 Å². The fourth-order valence-corrected chi connectivity index (χ4v) is 7.66. The molecule has 8 nitrogen and oxygen atoms in total. The van der Waals surface area contributed by atoms with Gasteiger partial charge in [-0.05, 0) is 88.5 Å². The number of hydrogen-bond donors (Lipinski definition) is 0. The number of rotatable bonds is 12. The summed E-state index contributed by atoms with van der Waals surface area (Å²) in [4.78, 5) is 32.8. The predicted molar refractivity (Wildman–Crippen MR) is 208 cm³/mol. The number of nitrogens with zero attached hydrogens (tertiary/aromatic N) is 6. The smallest absolute Gasteiger partial charge is 0.258 e. The first-order valence-electron chi connectivity index (χ1n) is 18.9. The van der Waals surface area contributed by atoms with Crippen molar-refractivity contribution in [2.24, 2.45) is 0 Å². The highest BCUT2D eigenvalue weighted by Gasteiger charge is 2.26. The van der Waals surface area contributed by atoms with Gasteiger partial charge in [-0.15, -0.1) is 0 Å². The number of carbonyl (C=O) groups is 1. The molecule has 4 heterocycles. The molecule has 0 N–H and O–H groups in total. The molecule has 1 aliphatic heterocycles. The summed E-state index contributed by atoms with van der Waals surface area (Å²) in [6.45, 7) is 7.95. The van der Waals surface area contributed by atoms with Crippen LogP contribution in [-0.4, -0.2) is 68.0 Å². The number of aryl methyl sites for hydroxylation is 2. The molecule has 1 aliphatic carbocycles. The van der Waals surface area contributed by atoms with Gasteiger partial charge < -0.3 is 14.2 Å². The number of amides is 1. The monoisotopic (exact) mass is 694 g/mol. The number of aromatic nitrogens is 4. The third kappa shape index (κ3) is 8.18. The van der Waals surface area contributed by atoms with E-state index in [1.807, 2.05) is 42.3 Å². The van der Waals surface area contributed by atoms with Crippen molar-refractivity contribution >= 4 is 22.5 Å². The highest BCUT2D eigenvalue weighted by Crippen LogP contribution is 2.29. The molecule has 52 heavy (non-hydrogen) atoms. The van der Waals surface area contributed by atoms with E-state index >= 15 is 0 Å². The van der Waals surface area contributed by atoms with E-state index in [2.05, 4.69) is 81.0 Å². The second kappa shape index (κ2) is 16.5. The van der Waals surface area contributed by atoms with Crippen molar-refractivity contribution < 1.29 is 9.53 Å². The zero-order valence-corrected chi connectivity index (χ0v) is 30.8. The predicted octanol–water partition coefficient (Wildman–Crippen LogP) is 8.56. The minimum absolute atomic E-state index is 0.00320. The number of imidazole rings is 1. The number of ether oxygens (including phenoxy) is 1. The SMILES string of the molecule is COc1cc(C(=O)N(C=CCc2cccc(C(=CCN3CCCC3)c3ccc(C)cc3)n2)C2CCCCC2)ccc1Cn1c(C)nc2cnccc21. The summed E-state index contributed by atoms with van der Waals surface area (Å²) in [7, 11) is 1.67. The van der Waals surface area contributed by atoms with Crippen LogP contribution in [0.4, 0.5) is 0 Å². The number of hydrogen-bond acceptors (Lipinski definition) is 6. The maximum Gasteiger partial charge on any atom is 0.258 e. The molecule has 3 aromatic heterocycles. The Morgan fingerprint density at radius 1 is 0.923 bits per heavy atom. The molecule has 1 saturated heterocycles.